The number of methoxy groups -OCH3 is 1. The number of ether oxygens (including phenoxy) is 1. The summed E-state index contributed by atoms with van der Waals surface area (Å²) in [5.41, 5.74) is 2.21. The van der Waals surface area contributed by atoms with Crippen molar-refractivity contribution in [1.29, 1.82) is 0 Å². The number of thiocarbonyl (C=S) groups is 1. The number of carbonyl (C=O) groups is 1. The Bertz CT molecular complexity index is 555. The maximum atomic E-state index is 12.3. The van der Waals surface area contributed by atoms with Crippen molar-refractivity contribution in [2.24, 2.45) is 0 Å². The van der Waals surface area contributed by atoms with Crippen molar-refractivity contribution in [3.8, 4) is 0 Å². The van der Waals surface area contributed by atoms with Crippen LogP contribution in [0.4, 0.5) is 0 Å². The third-order valence-electron chi connectivity index (χ3n) is 2.94. The van der Waals surface area contributed by atoms with Gasteiger partial charge in [0, 0.05) is 20.3 Å². The lowest BCUT2D eigenvalue weighted by Gasteiger charge is -2.13. The molecule has 1 aromatic rings. The van der Waals surface area contributed by atoms with E-state index in [0.717, 1.165) is 12.0 Å². The van der Waals surface area contributed by atoms with Crippen LogP contribution in [-0.2, 0) is 9.53 Å². The van der Waals surface area contributed by atoms with Crippen LogP contribution in [0.25, 0.3) is 6.08 Å². The first kappa shape index (κ1) is 15.2. The van der Waals surface area contributed by atoms with Crippen molar-refractivity contribution < 1.29 is 9.53 Å². The van der Waals surface area contributed by atoms with Crippen LogP contribution in [-0.4, -0.2) is 35.4 Å². The van der Waals surface area contributed by atoms with Crippen molar-refractivity contribution in [2.45, 2.75) is 13.3 Å². The average Bonchev–Trinajstić information content (AvgIpc) is 2.66. The molecule has 0 aromatic heterocycles. The predicted molar refractivity (Wildman–Crippen MR) is 87.6 cm³/mol. The number of nitrogens with zero attached hydrogens (tertiary/aromatic N) is 1. The fraction of sp³-hybridized carbons (Fsp3) is 0.333. The Morgan fingerprint density at radius 2 is 2.25 bits per heavy atom. The molecule has 1 aliphatic heterocycles. The summed E-state index contributed by atoms with van der Waals surface area (Å²) in [6.07, 6.45) is 2.70. The topological polar surface area (TPSA) is 29.5 Å². The number of rotatable bonds is 5. The normalized spacial score (nSPS) is 17.3. The molecule has 1 saturated heterocycles. The molecule has 0 unspecified atom stereocenters. The summed E-state index contributed by atoms with van der Waals surface area (Å²) in [5.74, 6) is -0.00221. The van der Waals surface area contributed by atoms with Crippen molar-refractivity contribution >= 4 is 40.3 Å². The van der Waals surface area contributed by atoms with E-state index in [0.29, 0.717) is 22.4 Å². The molecule has 1 fully saturated rings. The first-order chi connectivity index (χ1) is 9.61. The molecule has 1 amide bonds. The second-order valence-corrected chi connectivity index (χ2v) is 6.27. The summed E-state index contributed by atoms with van der Waals surface area (Å²) in [7, 11) is 1.65. The van der Waals surface area contributed by atoms with Crippen molar-refractivity contribution in [3.63, 3.8) is 0 Å². The maximum absolute atomic E-state index is 12.3. The van der Waals surface area contributed by atoms with Gasteiger partial charge in [-0.3, -0.25) is 9.69 Å². The zero-order chi connectivity index (χ0) is 14.5. The van der Waals surface area contributed by atoms with E-state index in [9.17, 15) is 4.79 Å². The van der Waals surface area contributed by atoms with Gasteiger partial charge in [0.15, 0.2) is 0 Å². The lowest BCUT2D eigenvalue weighted by Crippen LogP contribution is -2.29. The van der Waals surface area contributed by atoms with E-state index >= 15 is 0 Å². The van der Waals surface area contributed by atoms with Gasteiger partial charge in [0.05, 0.1) is 4.91 Å². The smallest absolute Gasteiger partial charge is 0.266 e. The van der Waals surface area contributed by atoms with Gasteiger partial charge in [-0.2, -0.15) is 0 Å². The lowest BCUT2D eigenvalue weighted by molar-refractivity contribution is -0.122. The van der Waals surface area contributed by atoms with Gasteiger partial charge in [-0.15, -0.1) is 0 Å². The van der Waals surface area contributed by atoms with E-state index in [1.807, 2.05) is 31.2 Å². The molecule has 0 saturated carbocycles. The second kappa shape index (κ2) is 7.02. The highest BCUT2D eigenvalue weighted by atomic mass is 32.2. The third-order valence-corrected chi connectivity index (χ3v) is 4.32. The van der Waals surface area contributed by atoms with E-state index in [1.165, 1.54) is 17.3 Å². The third kappa shape index (κ3) is 3.69. The number of hydrogen-bond donors (Lipinski definition) is 0. The molecule has 0 atom stereocenters. The predicted octanol–water partition coefficient (Wildman–Crippen LogP) is 3.23. The molecule has 0 radical (unpaired) electrons. The largest absolute Gasteiger partial charge is 0.385 e. The van der Waals surface area contributed by atoms with Crippen LogP contribution in [0.5, 0.6) is 0 Å². The number of carbonyl (C=O) groups excluding carboxylic acids is 1. The SMILES string of the molecule is COCCCN1C(=O)/C(=C\c2cccc(C)c2)SC1=S. The first-order valence-electron chi connectivity index (χ1n) is 6.43. The summed E-state index contributed by atoms with van der Waals surface area (Å²) in [6, 6.07) is 8.07. The highest BCUT2D eigenvalue weighted by molar-refractivity contribution is 8.26. The number of hydrogen-bond acceptors (Lipinski definition) is 4. The number of amides is 1. The molecule has 0 bridgehead atoms. The minimum atomic E-state index is -0.00221. The van der Waals surface area contributed by atoms with Gasteiger partial charge in [0.1, 0.15) is 4.32 Å². The fourth-order valence-corrected chi connectivity index (χ4v) is 3.28. The molecule has 2 rings (SSSR count). The van der Waals surface area contributed by atoms with Gasteiger partial charge < -0.3 is 4.74 Å². The Morgan fingerprint density at radius 1 is 1.45 bits per heavy atom. The summed E-state index contributed by atoms with van der Waals surface area (Å²) in [5, 5.41) is 0. The van der Waals surface area contributed by atoms with Crippen molar-refractivity contribution in [2.75, 3.05) is 20.3 Å². The van der Waals surface area contributed by atoms with E-state index in [4.69, 9.17) is 17.0 Å². The minimum absolute atomic E-state index is 0.00221. The van der Waals surface area contributed by atoms with Crippen LogP contribution in [0.15, 0.2) is 29.2 Å². The number of thioether (sulfide) groups is 1. The van der Waals surface area contributed by atoms with Crippen LogP contribution in [0.3, 0.4) is 0 Å². The first-order valence-corrected chi connectivity index (χ1v) is 7.65. The Kier molecular flexibility index (Phi) is 5.34. The molecule has 1 aliphatic rings. The molecule has 0 spiro atoms. The zero-order valence-corrected chi connectivity index (χ0v) is 13.2. The maximum Gasteiger partial charge on any atom is 0.266 e. The Morgan fingerprint density at radius 3 is 2.95 bits per heavy atom. The summed E-state index contributed by atoms with van der Waals surface area (Å²) < 4.78 is 5.63. The van der Waals surface area contributed by atoms with Gasteiger partial charge in [-0.1, -0.05) is 53.8 Å². The van der Waals surface area contributed by atoms with E-state index < -0.39 is 0 Å². The number of benzene rings is 1. The Balaban J connectivity index is 2.11. The number of aryl methyl sites for hydroxylation is 1. The van der Waals surface area contributed by atoms with Gasteiger partial charge in [0.25, 0.3) is 5.91 Å². The molecule has 20 heavy (non-hydrogen) atoms. The molecule has 5 heteroatoms. The molecular formula is C15H17NO2S2. The van der Waals surface area contributed by atoms with Crippen LogP contribution in [0, 0.1) is 6.92 Å². The molecule has 1 heterocycles. The Labute approximate surface area is 129 Å². The quantitative estimate of drug-likeness (QED) is 0.474. The van der Waals surface area contributed by atoms with Crippen LogP contribution in [0.1, 0.15) is 17.5 Å². The van der Waals surface area contributed by atoms with Crippen LogP contribution in [0.2, 0.25) is 0 Å². The molecule has 1 aromatic carbocycles. The minimum Gasteiger partial charge on any atom is -0.385 e. The fourth-order valence-electron chi connectivity index (χ4n) is 1.97. The van der Waals surface area contributed by atoms with Crippen molar-refractivity contribution in [1.82, 2.24) is 4.90 Å². The summed E-state index contributed by atoms with van der Waals surface area (Å²) in [4.78, 5) is 14.7. The molecule has 0 aliphatic carbocycles. The highest BCUT2D eigenvalue weighted by Crippen LogP contribution is 2.32. The lowest BCUT2D eigenvalue weighted by atomic mass is 10.1. The monoisotopic (exact) mass is 307 g/mol. The van der Waals surface area contributed by atoms with Gasteiger partial charge in [-0.25, -0.2) is 0 Å². The van der Waals surface area contributed by atoms with Crippen molar-refractivity contribution in [3.05, 3.63) is 40.3 Å². The standard InChI is InChI=1S/C15H17NO2S2/c1-11-5-3-6-12(9-11)10-13-14(17)16(15(19)20-13)7-4-8-18-2/h3,5-6,9-10H,4,7-8H2,1-2H3/b13-10+. The van der Waals surface area contributed by atoms with E-state index in [2.05, 4.69) is 6.07 Å². The second-order valence-electron chi connectivity index (χ2n) is 4.59. The summed E-state index contributed by atoms with van der Waals surface area (Å²) in [6.45, 7) is 3.28. The molecular weight excluding hydrogens is 290 g/mol. The zero-order valence-electron chi connectivity index (χ0n) is 11.6. The molecule has 106 valence electrons. The van der Waals surface area contributed by atoms with Crippen LogP contribution >= 0.6 is 24.0 Å². The van der Waals surface area contributed by atoms with Gasteiger partial charge in [-0.05, 0) is 25.0 Å². The molecule has 3 nitrogen and oxygen atoms in total. The average molecular weight is 307 g/mol. The van der Waals surface area contributed by atoms with E-state index in [1.54, 1.807) is 12.0 Å². The highest BCUT2D eigenvalue weighted by Gasteiger charge is 2.31. The summed E-state index contributed by atoms with van der Waals surface area (Å²) >= 11 is 6.64. The van der Waals surface area contributed by atoms with Gasteiger partial charge in [0.2, 0.25) is 0 Å². The molecule has 0 N–H and O–H groups in total. The van der Waals surface area contributed by atoms with Gasteiger partial charge >= 0.3 is 0 Å². The van der Waals surface area contributed by atoms with E-state index in [-0.39, 0.29) is 5.91 Å². The Hall–Kier alpha value is -1.17. The van der Waals surface area contributed by atoms with Crippen LogP contribution < -0.4 is 0 Å².